The highest BCUT2D eigenvalue weighted by atomic mass is 35.5. The average molecular weight is 385 g/mol. The van der Waals surface area contributed by atoms with Gasteiger partial charge in [0.25, 0.3) is 5.91 Å². The molecule has 0 atom stereocenters. The number of halogens is 1. The maximum Gasteiger partial charge on any atom is 0.264 e. The van der Waals surface area contributed by atoms with Crippen LogP contribution in [-0.2, 0) is 4.79 Å². The van der Waals surface area contributed by atoms with Crippen LogP contribution in [0.15, 0.2) is 65.0 Å². The van der Waals surface area contributed by atoms with Crippen LogP contribution in [0.5, 0.6) is 5.75 Å². The number of amides is 1. The average Bonchev–Trinajstić information content (AvgIpc) is 2.96. The summed E-state index contributed by atoms with van der Waals surface area (Å²) in [4.78, 5) is 17.3. The SMILES string of the molecule is C=CCOc1cccc(/C=C2/SC(=Nc3cccc(Cl)c3C)NC2=O)c1. The molecular formula is C20H17ClN2O2S. The van der Waals surface area contributed by atoms with Gasteiger partial charge in [0.05, 0.1) is 10.6 Å². The molecular weight excluding hydrogens is 368 g/mol. The third-order valence-corrected chi connectivity index (χ3v) is 4.96. The fourth-order valence-corrected chi connectivity index (χ4v) is 3.31. The Balaban J connectivity index is 1.81. The van der Waals surface area contributed by atoms with Crippen LogP contribution < -0.4 is 10.1 Å². The first-order chi connectivity index (χ1) is 12.6. The molecule has 0 aliphatic carbocycles. The lowest BCUT2D eigenvalue weighted by atomic mass is 10.2. The first-order valence-corrected chi connectivity index (χ1v) is 9.15. The molecule has 2 aromatic rings. The van der Waals surface area contributed by atoms with Gasteiger partial charge in [0.2, 0.25) is 0 Å². The van der Waals surface area contributed by atoms with Gasteiger partial charge in [-0.15, -0.1) is 0 Å². The van der Waals surface area contributed by atoms with Gasteiger partial charge in [-0.2, -0.15) is 0 Å². The Morgan fingerprint density at radius 2 is 2.12 bits per heavy atom. The second-order valence-corrected chi connectivity index (χ2v) is 6.98. The number of hydrogen-bond acceptors (Lipinski definition) is 4. The lowest BCUT2D eigenvalue weighted by molar-refractivity contribution is -0.115. The molecule has 1 saturated heterocycles. The number of carbonyl (C=O) groups excluding carboxylic acids is 1. The molecule has 0 bridgehead atoms. The molecule has 4 nitrogen and oxygen atoms in total. The number of amidine groups is 1. The van der Waals surface area contributed by atoms with E-state index in [1.807, 2.05) is 55.5 Å². The first-order valence-electron chi connectivity index (χ1n) is 7.95. The van der Waals surface area contributed by atoms with E-state index in [0.717, 1.165) is 22.6 Å². The second kappa shape index (κ2) is 8.25. The van der Waals surface area contributed by atoms with Crippen molar-refractivity contribution < 1.29 is 9.53 Å². The molecule has 6 heteroatoms. The van der Waals surface area contributed by atoms with Crippen molar-refractivity contribution in [2.24, 2.45) is 4.99 Å². The minimum absolute atomic E-state index is 0.175. The Kier molecular flexibility index (Phi) is 5.81. The number of benzene rings is 2. The van der Waals surface area contributed by atoms with Crippen molar-refractivity contribution in [2.45, 2.75) is 6.92 Å². The van der Waals surface area contributed by atoms with E-state index < -0.39 is 0 Å². The highest BCUT2D eigenvalue weighted by Crippen LogP contribution is 2.31. The van der Waals surface area contributed by atoms with Crippen LogP contribution in [0.4, 0.5) is 5.69 Å². The Morgan fingerprint density at radius 1 is 1.31 bits per heavy atom. The summed E-state index contributed by atoms with van der Waals surface area (Å²) in [6.07, 6.45) is 3.50. The van der Waals surface area contributed by atoms with Gasteiger partial charge in [-0.25, -0.2) is 4.99 Å². The summed E-state index contributed by atoms with van der Waals surface area (Å²) in [5.41, 5.74) is 2.49. The van der Waals surface area contributed by atoms with Crippen molar-refractivity contribution in [3.8, 4) is 5.75 Å². The van der Waals surface area contributed by atoms with Crippen molar-refractivity contribution in [3.63, 3.8) is 0 Å². The van der Waals surface area contributed by atoms with Crippen LogP contribution in [0.1, 0.15) is 11.1 Å². The molecule has 2 aromatic carbocycles. The number of nitrogens with one attached hydrogen (secondary N) is 1. The van der Waals surface area contributed by atoms with E-state index in [1.165, 1.54) is 11.8 Å². The topological polar surface area (TPSA) is 50.7 Å². The second-order valence-electron chi connectivity index (χ2n) is 5.54. The van der Waals surface area contributed by atoms with Crippen molar-refractivity contribution in [1.29, 1.82) is 0 Å². The molecule has 1 N–H and O–H groups in total. The molecule has 1 heterocycles. The molecule has 0 aromatic heterocycles. The van der Waals surface area contributed by atoms with Gasteiger partial charge in [-0.05, 0) is 60.2 Å². The molecule has 1 amide bonds. The van der Waals surface area contributed by atoms with Gasteiger partial charge in [-0.1, -0.05) is 42.5 Å². The van der Waals surface area contributed by atoms with Crippen LogP contribution in [0.25, 0.3) is 6.08 Å². The Hall–Kier alpha value is -2.50. The lowest BCUT2D eigenvalue weighted by Crippen LogP contribution is -2.19. The van der Waals surface area contributed by atoms with E-state index >= 15 is 0 Å². The molecule has 1 fully saturated rings. The Labute approximate surface area is 161 Å². The fraction of sp³-hybridized carbons (Fsp3) is 0.100. The molecule has 0 spiro atoms. The third kappa shape index (κ3) is 4.36. The largest absolute Gasteiger partial charge is 0.490 e. The molecule has 3 rings (SSSR count). The zero-order chi connectivity index (χ0) is 18.5. The van der Waals surface area contributed by atoms with Gasteiger partial charge < -0.3 is 10.1 Å². The van der Waals surface area contributed by atoms with E-state index in [4.69, 9.17) is 16.3 Å². The summed E-state index contributed by atoms with van der Waals surface area (Å²) >= 11 is 7.42. The highest BCUT2D eigenvalue weighted by molar-refractivity contribution is 8.18. The summed E-state index contributed by atoms with van der Waals surface area (Å²) < 4.78 is 5.52. The predicted octanol–water partition coefficient (Wildman–Crippen LogP) is 5.10. The number of nitrogens with zero attached hydrogens (tertiary/aromatic N) is 1. The molecule has 0 unspecified atom stereocenters. The van der Waals surface area contributed by atoms with Crippen molar-refractivity contribution in [1.82, 2.24) is 5.32 Å². The standard InChI is InChI=1S/C20H17ClN2O2S/c1-3-10-25-15-7-4-6-14(11-15)12-18-19(24)23-20(26-18)22-17-9-5-8-16(21)13(17)2/h3-9,11-12H,1,10H2,2H3,(H,22,23,24)/b18-12+. The molecule has 26 heavy (non-hydrogen) atoms. The number of rotatable bonds is 5. The number of thioether (sulfide) groups is 1. The van der Waals surface area contributed by atoms with Gasteiger partial charge in [0.15, 0.2) is 5.17 Å². The monoisotopic (exact) mass is 384 g/mol. The minimum Gasteiger partial charge on any atom is -0.490 e. The Bertz CT molecular complexity index is 922. The van der Waals surface area contributed by atoms with E-state index in [2.05, 4.69) is 16.9 Å². The minimum atomic E-state index is -0.175. The normalized spacial score (nSPS) is 16.8. The summed E-state index contributed by atoms with van der Waals surface area (Å²) in [6.45, 7) is 5.96. The van der Waals surface area contributed by atoms with E-state index in [1.54, 1.807) is 6.08 Å². The number of carbonyl (C=O) groups is 1. The molecule has 1 aliphatic rings. The highest BCUT2D eigenvalue weighted by Gasteiger charge is 2.24. The van der Waals surface area contributed by atoms with Gasteiger partial charge in [0.1, 0.15) is 12.4 Å². The van der Waals surface area contributed by atoms with Crippen LogP contribution >= 0.6 is 23.4 Å². The maximum atomic E-state index is 12.2. The summed E-state index contributed by atoms with van der Waals surface area (Å²) in [7, 11) is 0. The predicted molar refractivity (Wildman–Crippen MR) is 109 cm³/mol. The first kappa shape index (κ1) is 18.3. The molecule has 0 radical (unpaired) electrons. The fourth-order valence-electron chi connectivity index (χ4n) is 2.31. The summed E-state index contributed by atoms with van der Waals surface area (Å²) in [5.74, 6) is 0.553. The zero-order valence-corrected chi connectivity index (χ0v) is 15.7. The molecule has 132 valence electrons. The van der Waals surface area contributed by atoms with Gasteiger partial charge in [-0.3, -0.25) is 4.79 Å². The molecule has 1 aliphatic heterocycles. The lowest BCUT2D eigenvalue weighted by Gasteiger charge is -2.03. The number of ether oxygens (including phenoxy) is 1. The van der Waals surface area contributed by atoms with E-state index in [0.29, 0.717) is 21.7 Å². The van der Waals surface area contributed by atoms with Crippen molar-refractivity contribution >= 4 is 46.2 Å². The van der Waals surface area contributed by atoms with E-state index in [9.17, 15) is 4.79 Å². The quantitative estimate of drug-likeness (QED) is 0.576. The third-order valence-electron chi connectivity index (χ3n) is 3.64. The summed E-state index contributed by atoms with van der Waals surface area (Å²) in [6, 6.07) is 13.0. The number of hydrogen-bond donors (Lipinski definition) is 1. The van der Waals surface area contributed by atoms with Crippen LogP contribution in [0, 0.1) is 6.92 Å². The maximum absolute atomic E-state index is 12.2. The van der Waals surface area contributed by atoms with E-state index in [-0.39, 0.29) is 5.91 Å². The van der Waals surface area contributed by atoms with Crippen LogP contribution in [-0.4, -0.2) is 17.7 Å². The van der Waals surface area contributed by atoms with Crippen molar-refractivity contribution in [3.05, 3.63) is 76.2 Å². The molecule has 0 saturated carbocycles. The van der Waals surface area contributed by atoms with Crippen LogP contribution in [0.2, 0.25) is 5.02 Å². The number of aliphatic imine (C=N–C) groups is 1. The van der Waals surface area contributed by atoms with Crippen LogP contribution in [0.3, 0.4) is 0 Å². The summed E-state index contributed by atoms with van der Waals surface area (Å²) in [5, 5.41) is 3.97. The zero-order valence-electron chi connectivity index (χ0n) is 14.2. The van der Waals surface area contributed by atoms with Crippen molar-refractivity contribution in [2.75, 3.05) is 6.61 Å². The smallest absolute Gasteiger partial charge is 0.264 e. The van der Waals surface area contributed by atoms with Gasteiger partial charge in [0, 0.05) is 5.02 Å². The van der Waals surface area contributed by atoms with Gasteiger partial charge >= 0.3 is 0 Å². The Morgan fingerprint density at radius 3 is 2.92 bits per heavy atom.